The lowest BCUT2D eigenvalue weighted by Crippen LogP contribution is -2.39. The number of fused-ring (bicyclic) bond motifs is 3. The minimum atomic E-state index is -0.357. The second kappa shape index (κ2) is 8.49. The Morgan fingerprint density at radius 2 is 1.82 bits per heavy atom. The summed E-state index contributed by atoms with van der Waals surface area (Å²) < 4.78 is 12.3. The van der Waals surface area contributed by atoms with Crippen LogP contribution in [0.25, 0.3) is 11.0 Å². The number of nitrogens with zero attached hydrogens (tertiary/aromatic N) is 1. The van der Waals surface area contributed by atoms with Gasteiger partial charge in [-0.15, -0.1) is 0 Å². The molecular formula is C28H32N2O4. The average molecular weight is 461 g/mol. The van der Waals surface area contributed by atoms with Gasteiger partial charge in [0, 0.05) is 35.4 Å². The highest BCUT2D eigenvalue weighted by Gasteiger charge is 2.43. The Labute approximate surface area is 200 Å². The highest BCUT2D eigenvalue weighted by Crippen LogP contribution is 2.46. The molecule has 178 valence electrons. The molecule has 3 aromatic rings. The molecule has 6 heteroatoms. The van der Waals surface area contributed by atoms with Crippen molar-refractivity contribution in [1.82, 2.24) is 0 Å². The van der Waals surface area contributed by atoms with Gasteiger partial charge in [-0.3, -0.25) is 9.59 Å². The van der Waals surface area contributed by atoms with E-state index in [1.54, 1.807) is 0 Å². The zero-order chi connectivity index (χ0) is 24.0. The number of furan rings is 1. The van der Waals surface area contributed by atoms with Crippen molar-refractivity contribution in [2.75, 3.05) is 23.3 Å². The van der Waals surface area contributed by atoms with Crippen molar-refractivity contribution in [2.24, 2.45) is 0 Å². The van der Waals surface area contributed by atoms with E-state index in [4.69, 9.17) is 9.15 Å². The number of hydrogen-bond donors (Lipinski definition) is 1. The highest BCUT2D eigenvalue weighted by atomic mass is 16.5. The van der Waals surface area contributed by atoms with Crippen molar-refractivity contribution >= 4 is 34.0 Å². The van der Waals surface area contributed by atoms with E-state index in [0.717, 1.165) is 55.7 Å². The molecule has 2 heterocycles. The first-order chi connectivity index (χ1) is 16.4. The Balaban J connectivity index is 1.46. The van der Waals surface area contributed by atoms with E-state index in [2.05, 4.69) is 30.1 Å². The van der Waals surface area contributed by atoms with Gasteiger partial charge in [0.25, 0.3) is 5.91 Å². The fourth-order valence-electron chi connectivity index (χ4n) is 5.60. The SMILES string of the molecule is CCN(CC)c1ccc(NC(=O)c2oc3ccc4c(c3c2C)C(=O)CC2(CCCC2)O4)c(C)c1. The second-order valence-corrected chi connectivity index (χ2v) is 9.59. The molecule has 1 aliphatic carbocycles. The second-order valence-electron chi connectivity index (χ2n) is 9.59. The van der Waals surface area contributed by atoms with Crippen LogP contribution < -0.4 is 15.0 Å². The predicted octanol–water partition coefficient (Wildman–Crippen LogP) is 6.43. The van der Waals surface area contributed by atoms with Gasteiger partial charge >= 0.3 is 0 Å². The molecule has 6 nitrogen and oxygen atoms in total. The number of carbonyl (C=O) groups is 2. The maximum atomic E-state index is 13.2. The quantitative estimate of drug-likeness (QED) is 0.475. The molecule has 2 aliphatic rings. The fourth-order valence-corrected chi connectivity index (χ4v) is 5.60. The Morgan fingerprint density at radius 3 is 2.50 bits per heavy atom. The summed E-state index contributed by atoms with van der Waals surface area (Å²) in [5, 5.41) is 3.68. The molecule has 0 radical (unpaired) electrons. The average Bonchev–Trinajstić information content (AvgIpc) is 3.40. The first-order valence-corrected chi connectivity index (χ1v) is 12.3. The molecule has 1 aromatic heterocycles. The van der Waals surface area contributed by atoms with Crippen LogP contribution in [0.5, 0.6) is 5.75 Å². The summed E-state index contributed by atoms with van der Waals surface area (Å²) in [4.78, 5) is 28.7. The van der Waals surface area contributed by atoms with Crippen LogP contribution >= 0.6 is 0 Å². The molecule has 34 heavy (non-hydrogen) atoms. The molecule has 0 unspecified atom stereocenters. The molecule has 0 saturated heterocycles. The van der Waals surface area contributed by atoms with Crippen LogP contribution in [0.3, 0.4) is 0 Å². The predicted molar refractivity (Wildman–Crippen MR) is 134 cm³/mol. The van der Waals surface area contributed by atoms with Gasteiger partial charge in [0.05, 0.1) is 12.0 Å². The van der Waals surface area contributed by atoms with Crippen molar-refractivity contribution < 1.29 is 18.7 Å². The van der Waals surface area contributed by atoms with Gasteiger partial charge in [-0.2, -0.15) is 0 Å². The minimum absolute atomic E-state index is 0.0763. The molecule has 1 spiro atoms. The number of rotatable bonds is 5. The zero-order valence-electron chi connectivity index (χ0n) is 20.4. The lowest BCUT2D eigenvalue weighted by molar-refractivity contribution is 0.0454. The van der Waals surface area contributed by atoms with Crippen molar-refractivity contribution in [1.29, 1.82) is 0 Å². The standard InChI is InChI=1S/C28H32N2O4/c1-5-30(6-2)19-9-10-20(17(3)15-19)29-27(32)26-18(4)24-22(33-26)11-12-23-25(24)21(31)16-28(34-23)13-7-8-14-28/h9-12,15H,5-8,13-14,16H2,1-4H3,(H,29,32). The first-order valence-electron chi connectivity index (χ1n) is 12.3. The van der Waals surface area contributed by atoms with Crippen LogP contribution in [0.15, 0.2) is 34.7 Å². The topological polar surface area (TPSA) is 71.8 Å². The number of nitrogens with one attached hydrogen (secondary N) is 1. The lowest BCUT2D eigenvalue weighted by Gasteiger charge is -2.34. The van der Waals surface area contributed by atoms with E-state index in [-0.39, 0.29) is 23.1 Å². The van der Waals surface area contributed by atoms with E-state index in [1.165, 1.54) is 0 Å². The monoisotopic (exact) mass is 460 g/mol. The molecule has 2 aromatic carbocycles. The number of Topliss-reactive ketones (excluding diaryl/α,β-unsaturated/α-hetero) is 1. The summed E-state index contributed by atoms with van der Waals surface area (Å²) in [5.74, 6) is 0.596. The number of anilines is 2. The zero-order valence-corrected chi connectivity index (χ0v) is 20.4. The van der Waals surface area contributed by atoms with Crippen molar-refractivity contribution in [3.05, 3.63) is 52.8 Å². The van der Waals surface area contributed by atoms with E-state index in [9.17, 15) is 9.59 Å². The van der Waals surface area contributed by atoms with Crippen molar-refractivity contribution in [3.63, 3.8) is 0 Å². The van der Waals surface area contributed by atoms with E-state index in [0.29, 0.717) is 34.3 Å². The molecule has 1 fully saturated rings. The Morgan fingerprint density at radius 1 is 1.09 bits per heavy atom. The minimum Gasteiger partial charge on any atom is -0.486 e. The van der Waals surface area contributed by atoms with Crippen LogP contribution in [0.1, 0.15) is 78.0 Å². The number of carbonyl (C=O) groups excluding carboxylic acids is 2. The van der Waals surface area contributed by atoms with Gasteiger partial charge in [-0.25, -0.2) is 0 Å². The molecule has 5 rings (SSSR count). The van der Waals surface area contributed by atoms with Gasteiger partial charge < -0.3 is 19.4 Å². The van der Waals surface area contributed by atoms with Crippen molar-refractivity contribution in [2.45, 2.75) is 65.4 Å². The number of benzene rings is 2. The number of hydrogen-bond acceptors (Lipinski definition) is 5. The largest absolute Gasteiger partial charge is 0.486 e. The Kier molecular flexibility index (Phi) is 5.62. The summed E-state index contributed by atoms with van der Waals surface area (Å²) in [5.41, 5.74) is 4.25. The Hall–Kier alpha value is -3.28. The van der Waals surface area contributed by atoms with Crippen LogP contribution in [-0.4, -0.2) is 30.4 Å². The summed E-state index contributed by atoms with van der Waals surface area (Å²) in [6, 6.07) is 9.66. The van der Waals surface area contributed by atoms with Crippen LogP contribution in [0.4, 0.5) is 11.4 Å². The lowest BCUT2D eigenvalue weighted by atomic mass is 9.87. The molecule has 1 N–H and O–H groups in total. The summed E-state index contributed by atoms with van der Waals surface area (Å²) in [6.45, 7) is 9.92. The molecule has 0 atom stereocenters. The number of ether oxygens (including phenoxy) is 1. The van der Waals surface area contributed by atoms with Crippen LogP contribution in [0, 0.1) is 13.8 Å². The summed E-state index contributed by atoms with van der Waals surface area (Å²) in [7, 11) is 0. The number of amides is 1. The van der Waals surface area contributed by atoms with E-state index >= 15 is 0 Å². The normalized spacial score (nSPS) is 16.5. The van der Waals surface area contributed by atoms with Crippen molar-refractivity contribution in [3.8, 4) is 5.75 Å². The number of ketones is 1. The highest BCUT2D eigenvalue weighted by molar-refractivity contribution is 6.15. The van der Waals surface area contributed by atoms with E-state index < -0.39 is 0 Å². The summed E-state index contributed by atoms with van der Waals surface area (Å²) in [6.07, 6.45) is 4.41. The van der Waals surface area contributed by atoms with E-state index in [1.807, 2.05) is 38.1 Å². The van der Waals surface area contributed by atoms with Gasteiger partial charge in [-0.1, -0.05) is 0 Å². The van der Waals surface area contributed by atoms with Crippen LogP contribution in [-0.2, 0) is 0 Å². The molecular weight excluding hydrogens is 428 g/mol. The smallest absolute Gasteiger partial charge is 0.291 e. The van der Waals surface area contributed by atoms with Gasteiger partial charge in [0.1, 0.15) is 16.9 Å². The third-order valence-electron chi connectivity index (χ3n) is 7.45. The van der Waals surface area contributed by atoms with Gasteiger partial charge in [-0.05, 0) is 89.3 Å². The summed E-state index contributed by atoms with van der Waals surface area (Å²) >= 11 is 0. The molecule has 0 bridgehead atoms. The first kappa shape index (κ1) is 22.5. The number of aryl methyl sites for hydroxylation is 2. The Bertz CT molecular complexity index is 1280. The van der Waals surface area contributed by atoms with Gasteiger partial charge in [0.2, 0.25) is 0 Å². The molecule has 1 aliphatic heterocycles. The third kappa shape index (κ3) is 3.65. The molecule has 1 amide bonds. The third-order valence-corrected chi connectivity index (χ3v) is 7.45. The maximum absolute atomic E-state index is 13.2. The molecule has 1 saturated carbocycles. The van der Waals surface area contributed by atoms with Crippen LogP contribution in [0.2, 0.25) is 0 Å². The maximum Gasteiger partial charge on any atom is 0.291 e. The van der Waals surface area contributed by atoms with Gasteiger partial charge in [0.15, 0.2) is 11.5 Å². The fraction of sp³-hybridized carbons (Fsp3) is 0.429.